The third-order valence-electron chi connectivity index (χ3n) is 2.49. The molecule has 0 radical (unpaired) electrons. The van der Waals surface area contributed by atoms with E-state index in [2.05, 4.69) is 10.3 Å². The number of pyridine rings is 1. The molecule has 0 spiro atoms. The highest BCUT2D eigenvalue weighted by Gasteiger charge is 2.27. The molecule has 1 heterocycles. The molecule has 7 nitrogen and oxygen atoms in total. The number of nitrogens with one attached hydrogen (secondary N) is 1. The number of ether oxygens (including phenoxy) is 3. The van der Waals surface area contributed by atoms with E-state index in [-0.39, 0.29) is 6.61 Å². The number of hydrogen-bond acceptors (Lipinski definition) is 6. The first-order chi connectivity index (χ1) is 10.3. The number of carbonyl (C=O) groups is 2. The first-order valence-electron chi connectivity index (χ1n) is 6.92. The monoisotopic (exact) mass is 310 g/mol. The largest absolute Gasteiger partial charge is 0.495 e. The topological polar surface area (TPSA) is 86.8 Å². The number of rotatable bonds is 5. The standard InChI is InChI=1S/C15H22N2O5/c1-6-21-13(18)12(17-14(19)22-15(2,3)4)10-7-11(20-5)9-16-8-10/h7-9,12H,6H2,1-5H3,(H,17,19). The summed E-state index contributed by atoms with van der Waals surface area (Å²) in [6.45, 7) is 7.09. The highest BCUT2D eigenvalue weighted by Crippen LogP contribution is 2.20. The van der Waals surface area contributed by atoms with Gasteiger partial charge in [0.2, 0.25) is 0 Å². The van der Waals surface area contributed by atoms with Crippen molar-refractivity contribution < 1.29 is 23.8 Å². The minimum absolute atomic E-state index is 0.197. The Morgan fingerprint density at radius 3 is 2.55 bits per heavy atom. The van der Waals surface area contributed by atoms with Gasteiger partial charge in [0.15, 0.2) is 6.04 Å². The van der Waals surface area contributed by atoms with Crippen molar-refractivity contribution >= 4 is 12.1 Å². The van der Waals surface area contributed by atoms with Gasteiger partial charge in [0.05, 0.1) is 19.9 Å². The Bertz CT molecular complexity index is 525. The number of carbonyl (C=O) groups excluding carboxylic acids is 2. The average Bonchev–Trinajstić information content (AvgIpc) is 2.43. The second-order valence-corrected chi connectivity index (χ2v) is 5.49. The molecule has 0 aliphatic carbocycles. The number of aromatic nitrogens is 1. The van der Waals surface area contributed by atoms with Crippen LogP contribution < -0.4 is 10.1 Å². The lowest BCUT2D eigenvalue weighted by Gasteiger charge is -2.23. The maximum atomic E-state index is 12.1. The fraction of sp³-hybridized carbons (Fsp3) is 0.533. The molecule has 0 aliphatic rings. The van der Waals surface area contributed by atoms with Crippen molar-refractivity contribution in [1.29, 1.82) is 0 Å². The predicted octanol–water partition coefficient (Wildman–Crippen LogP) is 2.22. The molecule has 122 valence electrons. The zero-order valence-electron chi connectivity index (χ0n) is 13.5. The smallest absolute Gasteiger partial charge is 0.408 e. The van der Waals surface area contributed by atoms with Gasteiger partial charge >= 0.3 is 12.1 Å². The molecule has 0 fully saturated rings. The molecule has 0 aliphatic heterocycles. The molecule has 22 heavy (non-hydrogen) atoms. The molecule has 1 unspecified atom stereocenters. The van der Waals surface area contributed by atoms with Crippen LogP contribution in [0.5, 0.6) is 5.75 Å². The van der Waals surface area contributed by atoms with E-state index in [9.17, 15) is 9.59 Å². The van der Waals surface area contributed by atoms with Gasteiger partial charge in [-0.25, -0.2) is 9.59 Å². The van der Waals surface area contributed by atoms with Crippen molar-refractivity contribution in [1.82, 2.24) is 10.3 Å². The summed E-state index contributed by atoms with van der Waals surface area (Å²) < 4.78 is 15.2. The molecule has 1 aromatic heterocycles. The van der Waals surface area contributed by atoms with E-state index < -0.39 is 23.7 Å². The van der Waals surface area contributed by atoms with Crippen LogP contribution in [0.3, 0.4) is 0 Å². The highest BCUT2D eigenvalue weighted by molar-refractivity contribution is 5.82. The fourth-order valence-corrected chi connectivity index (χ4v) is 1.63. The molecule has 1 atom stereocenters. The lowest BCUT2D eigenvalue weighted by Crippen LogP contribution is -2.38. The predicted molar refractivity (Wildman–Crippen MR) is 79.5 cm³/mol. The van der Waals surface area contributed by atoms with Gasteiger partial charge in [-0.2, -0.15) is 0 Å². The zero-order valence-corrected chi connectivity index (χ0v) is 13.5. The van der Waals surface area contributed by atoms with Gasteiger partial charge in [-0.1, -0.05) is 0 Å². The molecule has 0 bridgehead atoms. The van der Waals surface area contributed by atoms with Gasteiger partial charge < -0.3 is 19.5 Å². The van der Waals surface area contributed by atoms with Crippen LogP contribution >= 0.6 is 0 Å². The van der Waals surface area contributed by atoms with Crippen molar-refractivity contribution in [3.05, 3.63) is 24.0 Å². The van der Waals surface area contributed by atoms with E-state index in [1.54, 1.807) is 33.8 Å². The minimum atomic E-state index is -1.02. The highest BCUT2D eigenvalue weighted by atomic mass is 16.6. The molecule has 1 aromatic rings. The Kier molecular flexibility index (Phi) is 6.15. The molecular formula is C15H22N2O5. The maximum absolute atomic E-state index is 12.1. The van der Waals surface area contributed by atoms with E-state index >= 15 is 0 Å². The Morgan fingerprint density at radius 1 is 1.32 bits per heavy atom. The van der Waals surface area contributed by atoms with Gasteiger partial charge in [0.1, 0.15) is 11.4 Å². The molecule has 1 rings (SSSR count). The van der Waals surface area contributed by atoms with Gasteiger partial charge in [-0.15, -0.1) is 0 Å². The number of nitrogens with zero attached hydrogens (tertiary/aromatic N) is 1. The lowest BCUT2D eigenvalue weighted by atomic mass is 10.1. The van der Waals surface area contributed by atoms with Crippen LogP contribution in [-0.4, -0.2) is 36.4 Å². The summed E-state index contributed by atoms with van der Waals surface area (Å²) in [6.07, 6.45) is 2.24. The van der Waals surface area contributed by atoms with Crippen LogP contribution in [0.2, 0.25) is 0 Å². The Hall–Kier alpha value is -2.31. The third kappa shape index (κ3) is 5.59. The third-order valence-corrected chi connectivity index (χ3v) is 2.49. The lowest BCUT2D eigenvalue weighted by molar-refractivity contribution is -0.145. The summed E-state index contributed by atoms with van der Waals surface area (Å²) in [7, 11) is 1.49. The molecule has 0 saturated carbocycles. The van der Waals surface area contributed by atoms with E-state index in [1.165, 1.54) is 19.5 Å². The van der Waals surface area contributed by atoms with Gasteiger partial charge in [-0.05, 0) is 33.8 Å². The number of hydrogen-bond donors (Lipinski definition) is 1. The second-order valence-electron chi connectivity index (χ2n) is 5.49. The first kappa shape index (κ1) is 17.7. The van der Waals surface area contributed by atoms with Crippen LogP contribution in [0.4, 0.5) is 4.79 Å². The van der Waals surface area contributed by atoms with E-state index in [1.807, 2.05) is 0 Å². The Balaban J connectivity index is 2.97. The summed E-state index contributed by atoms with van der Waals surface area (Å²) in [5, 5.41) is 2.49. The van der Waals surface area contributed by atoms with Crippen molar-refractivity contribution in [3.63, 3.8) is 0 Å². The average molecular weight is 310 g/mol. The van der Waals surface area contributed by atoms with Crippen LogP contribution in [0.1, 0.15) is 39.3 Å². The second kappa shape index (κ2) is 7.63. The summed E-state index contributed by atoms with van der Waals surface area (Å²) in [4.78, 5) is 28.0. The summed E-state index contributed by atoms with van der Waals surface area (Å²) in [5.41, 5.74) is -0.223. The summed E-state index contributed by atoms with van der Waals surface area (Å²) in [6, 6.07) is 0.587. The van der Waals surface area contributed by atoms with Crippen LogP contribution in [-0.2, 0) is 14.3 Å². The number of alkyl carbamates (subject to hydrolysis) is 1. The Morgan fingerprint density at radius 2 is 2.00 bits per heavy atom. The number of esters is 1. The molecule has 1 amide bonds. The first-order valence-corrected chi connectivity index (χ1v) is 6.92. The molecule has 0 saturated heterocycles. The van der Waals surface area contributed by atoms with Gasteiger partial charge in [0.25, 0.3) is 0 Å². The molecular weight excluding hydrogens is 288 g/mol. The van der Waals surface area contributed by atoms with Gasteiger partial charge in [0, 0.05) is 11.8 Å². The van der Waals surface area contributed by atoms with Crippen molar-refractivity contribution in [2.75, 3.05) is 13.7 Å². The Labute approximate surface area is 130 Å². The maximum Gasteiger partial charge on any atom is 0.408 e. The molecule has 7 heteroatoms. The zero-order chi connectivity index (χ0) is 16.8. The van der Waals surface area contributed by atoms with E-state index in [0.717, 1.165) is 0 Å². The van der Waals surface area contributed by atoms with Crippen molar-refractivity contribution in [2.24, 2.45) is 0 Å². The summed E-state index contributed by atoms with van der Waals surface area (Å²) in [5.74, 6) is -0.124. The number of amides is 1. The van der Waals surface area contributed by atoms with E-state index in [0.29, 0.717) is 11.3 Å². The van der Waals surface area contributed by atoms with Crippen LogP contribution in [0.25, 0.3) is 0 Å². The summed E-state index contributed by atoms with van der Waals surface area (Å²) >= 11 is 0. The van der Waals surface area contributed by atoms with Gasteiger partial charge in [-0.3, -0.25) is 4.98 Å². The van der Waals surface area contributed by atoms with Crippen LogP contribution in [0, 0.1) is 0 Å². The normalized spacial score (nSPS) is 12.2. The van der Waals surface area contributed by atoms with Crippen molar-refractivity contribution in [2.45, 2.75) is 39.3 Å². The molecule has 1 N–H and O–H groups in total. The minimum Gasteiger partial charge on any atom is -0.495 e. The van der Waals surface area contributed by atoms with Crippen molar-refractivity contribution in [3.8, 4) is 5.75 Å². The van der Waals surface area contributed by atoms with E-state index in [4.69, 9.17) is 14.2 Å². The quantitative estimate of drug-likeness (QED) is 0.839. The SMILES string of the molecule is CCOC(=O)C(NC(=O)OC(C)(C)C)c1cncc(OC)c1. The fourth-order valence-electron chi connectivity index (χ4n) is 1.63. The number of methoxy groups -OCH3 is 1. The molecule has 0 aromatic carbocycles. The van der Waals surface area contributed by atoms with Crippen LogP contribution in [0.15, 0.2) is 18.5 Å².